The summed E-state index contributed by atoms with van der Waals surface area (Å²) in [6, 6.07) is 6.57. The van der Waals surface area contributed by atoms with Crippen molar-refractivity contribution in [2.45, 2.75) is 32.2 Å². The first-order valence-corrected chi connectivity index (χ1v) is 7.57. The molecule has 1 aromatic carbocycles. The van der Waals surface area contributed by atoms with Crippen LogP contribution in [0.25, 0.3) is 0 Å². The van der Waals surface area contributed by atoms with E-state index in [9.17, 15) is 4.39 Å². The van der Waals surface area contributed by atoms with Crippen LogP contribution < -0.4 is 0 Å². The molecule has 0 unspecified atom stereocenters. The van der Waals surface area contributed by atoms with E-state index < -0.39 is 0 Å². The van der Waals surface area contributed by atoms with Gasteiger partial charge >= 0.3 is 0 Å². The number of nitrogens with zero attached hydrogens (tertiary/aromatic N) is 3. The first-order valence-electron chi connectivity index (χ1n) is 7.57. The Morgan fingerprint density at radius 1 is 1.41 bits per heavy atom. The van der Waals surface area contributed by atoms with E-state index in [-0.39, 0.29) is 11.9 Å². The molecular formula is C17H20FN3O. The fourth-order valence-corrected chi connectivity index (χ4v) is 2.90. The third-order valence-corrected chi connectivity index (χ3v) is 3.88. The van der Waals surface area contributed by atoms with Gasteiger partial charge in [0, 0.05) is 13.0 Å². The van der Waals surface area contributed by atoms with Gasteiger partial charge in [-0.2, -0.15) is 4.98 Å². The van der Waals surface area contributed by atoms with Gasteiger partial charge in [0.25, 0.3) is 0 Å². The van der Waals surface area contributed by atoms with Crippen LogP contribution in [0.5, 0.6) is 0 Å². The van der Waals surface area contributed by atoms with Gasteiger partial charge in [0.1, 0.15) is 5.82 Å². The fourth-order valence-electron chi connectivity index (χ4n) is 2.90. The molecule has 0 amide bonds. The van der Waals surface area contributed by atoms with Crippen LogP contribution in [0.15, 0.2) is 40.9 Å². The van der Waals surface area contributed by atoms with Crippen LogP contribution in [0.1, 0.15) is 43.1 Å². The SMILES string of the molecule is C=C(C)CN1CCC[C@@H]1c1nc(Cc2ccc(F)cc2)no1. The van der Waals surface area contributed by atoms with Crippen LogP contribution in [0.3, 0.4) is 0 Å². The zero-order valence-electron chi connectivity index (χ0n) is 12.8. The van der Waals surface area contributed by atoms with Crippen LogP contribution in [0, 0.1) is 5.82 Å². The van der Waals surface area contributed by atoms with Crippen LogP contribution >= 0.6 is 0 Å². The lowest BCUT2D eigenvalue weighted by molar-refractivity contribution is 0.222. The molecule has 5 heteroatoms. The van der Waals surface area contributed by atoms with Crippen molar-refractivity contribution in [2.24, 2.45) is 0 Å². The van der Waals surface area contributed by atoms with Crippen LogP contribution in [-0.2, 0) is 6.42 Å². The minimum Gasteiger partial charge on any atom is -0.338 e. The van der Waals surface area contributed by atoms with Crippen LogP contribution in [0.4, 0.5) is 4.39 Å². The summed E-state index contributed by atoms with van der Waals surface area (Å²) in [5.74, 6) is 1.08. The third-order valence-electron chi connectivity index (χ3n) is 3.88. The maximum Gasteiger partial charge on any atom is 0.244 e. The molecule has 0 bridgehead atoms. The molecule has 1 aromatic heterocycles. The van der Waals surface area contributed by atoms with Gasteiger partial charge in [-0.05, 0) is 44.0 Å². The Bertz CT molecular complexity index is 650. The van der Waals surface area contributed by atoms with E-state index in [4.69, 9.17) is 4.52 Å². The van der Waals surface area contributed by atoms with Gasteiger partial charge in [0.05, 0.1) is 6.04 Å². The summed E-state index contributed by atoms with van der Waals surface area (Å²) < 4.78 is 18.4. The van der Waals surface area contributed by atoms with Crippen molar-refractivity contribution in [3.63, 3.8) is 0 Å². The lowest BCUT2D eigenvalue weighted by Crippen LogP contribution is -2.25. The zero-order valence-corrected chi connectivity index (χ0v) is 12.8. The van der Waals surface area contributed by atoms with Crippen molar-refractivity contribution in [3.8, 4) is 0 Å². The Kier molecular flexibility index (Phi) is 4.34. The number of benzene rings is 1. The minimum absolute atomic E-state index is 0.186. The number of halogens is 1. The molecule has 1 atom stereocenters. The molecule has 1 aliphatic heterocycles. The number of likely N-dealkylation sites (tertiary alicyclic amines) is 1. The lowest BCUT2D eigenvalue weighted by atomic mass is 10.1. The summed E-state index contributed by atoms with van der Waals surface area (Å²) in [5, 5.41) is 4.06. The number of rotatable bonds is 5. The monoisotopic (exact) mass is 301 g/mol. The Labute approximate surface area is 129 Å². The topological polar surface area (TPSA) is 42.2 Å². The van der Waals surface area contributed by atoms with E-state index in [1.807, 2.05) is 6.92 Å². The summed E-state index contributed by atoms with van der Waals surface area (Å²) in [5.41, 5.74) is 2.11. The van der Waals surface area contributed by atoms with Crippen molar-refractivity contribution in [2.75, 3.05) is 13.1 Å². The van der Waals surface area contributed by atoms with Crippen molar-refractivity contribution in [1.29, 1.82) is 0 Å². The maximum absolute atomic E-state index is 12.9. The number of hydrogen-bond donors (Lipinski definition) is 0. The van der Waals surface area contributed by atoms with Gasteiger partial charge in [0.15, 0.2) is 5.82 Å². The average Bonchev–Trinajstić information content (AvgIpc) is 3.10. The standard InChI is InChI=1S/C17H20FN3O/c1-12(2)11-21-9-3-4-15(21)17-19-16(20-22-17)10-13-5-7-14(18)8-6-13/h5-8,15H,1,3-4,9-11H2,2H3/t15-/m1/s1. The normalized spacial score (nSPS) is 18.7. The molecule has 0 spiro atoms. The highest BCUT2D eigenvalue weighted by Gasteiger charge is 2.30. The van der Waals surface area contributed by atoms with E-state index >= 15 is 0 Å². The molecular weight excluding hydrogens is 281 g/mol. The van der Waals surface area contributed by atoms with E-state index in [2.05, 4.69) is 21.6 Å². The second-order valence-corrected chi connectivity index (χ2v) is 5.94. The lowest BCUT2D eigenvalue weighted by Gasteiger charge is -2.21. The highest BCUT2D eigenvalue weighted by atomic mass is 19.1. The zero-order chi connectivity index (χ0) is 15.5. The molecule has 0 saturated carbocycles. The molecule has 0 N–H and O–H groups in total. The predicted octanol–water partition coefficient (Wildman–Crippen LogP) is 3.51. The van der Waals surface area contributed by atoms with Gasteiger partial charge in [-0.25, -0.2) is 4.39 Å². The third kappa shape index (κ3) is 3.42. The Hall–Kier alpha value is -2.01. The van der Waals surface area contributed by atoms with Crippen molar-refractivity contribution in [1.82, 2.24) is 15.0 Å². The van der Waals surface area contributed by atoms with Crippen molar-refractivity contribution >= 4 is 0 Å². The van der Waals surface area contributed by atoms with E-state index in [1.54, 1.807) is 12.1 Å². The van der Waals surface area contributed by atoms with E-state index in [1.165, 1.54) is 12.1 Å². The molecule has 3 rings (SSSR count). The Balaban J connectivity index is 1.70. The smallest absolute Gasteiger partial charge is 0.244 e. The summed E-state index contributed by atoms with van der Waals surface area (Å²) in [6.07, 6.45) is 2.72. The largest absolute Gasteiger partial charge is 0.338 e. The van der Waals surface area contributed by atoms with E-state index in [0.29, 0.717) is 18.1 Å². The van der Waals surface area contributed by atoms with Gasteiger partial charge in [-0.15, -0.1) is 0 Å². The average molecular weight is 301 g/mol. The second-order valence-electron chi connectivity index (χ2n) is 5.94. The predicted molar refractivity (Wildman–Crippen MR) is 81.9 cm³/mol. The fraction of sp³-hybridized carbons (Fsp3) is 0.412. The molecule has 1 aliphatic rings. The summed E-state index contributed by atoms with van der Waals surface area (Å²) >= 11 is 0. The molecule has 2 aromatic rings. The molecule has 4 nitrogen and oxygen atoms in total. The molecule has 1 saturated heterocycles. The second kappa shape index (κ2) is 6.40. The molecule has 2 heterocycles. The summed E-state index contributed by atoms with van der Waals surface area (Å²) in [6.45, 7) is 7.90. The molecule has 116 valence electrons. The summed E-state index contributed by atoms with van der Waals surface area (Å²) in [4.78, 5) is 6.86. The first kappa shape index (κ1) is 14.9. The van der Waals surface area contributed by atoms with Gasteiger partial charge in [-0.3, -0.25) is 4.90 Å². The van der Waals surface area contributed by atoms with E-state index in [0.717, 1.165) is 37.1 Å². The minimum atomic E-state index is -0.237. The molecule has 22 heavy (non-hydrogen) atoms. The first-order chi connectivity index (χ1) is 10.6. The Morgan fingerprint density at radius 3 is 2.91 bits per heavy atom. The molecule has 0 aliphatic carbocycles. The maximum atomic E-state index is 12.9. The molecule has 0 radical (unpaired) electrons. The quantitative estimate of drug-likeness (QED) is 0.793. The number of aromatic nitrogens is 2. The highest BCUT2D eigenvalue weighted by molar-refractivity contribution is 5.19. The van der Waals surface area contributed by atoms with Gasteiger partial charge in [-0.1, -0.05) is 29.4 Å². The number of hydrogen-bond acceptors (Lipinski definition) is 4. The van der Waals surface area contributed by atoms with Crippen LogP contribution in [-0.4, -0.2) is 28.1 Å². The van der Waals surface area contributed by atoms with Gasteiger partial charge < -0.3 is 4.52 Å². The van der Waals surface area contributed by atoms with Gasteiger partial charge in [0.2, 0.25) is 5.89 Å². The molecule has 1 fully saturated rings. The van der Waals surface area contributed by atoms with Crippen molar-refractivity contribution < 1.29 is 8.91 Å². The summed E-state index contributed by atoms with van der Waals surface area (Å²) in [7, 11) is 0. The van der Waals surface area contributed by atoms with Crippen molar-refractivity contribution in [3.05, 3.63) is 59.5 Å². The van der Waals surface area contributed by atoms with Crippen LogP contribution in [0.2, 0.25) is 0 Å². The Morgan fingerprint density at radius 2 is 2.18 bits per heavy atom. The highest BCUT2D eigenvalue weighted by Crippen LogP contribution is 2.31.